The number of hydrogen-bond donors (Lipinski definition) is 4. The second-order valence-electron chi connectivity index (χ2n) is 6.72. The highest BCUT2D eigenvalue weighted by Gasteiger charge is 2.23. The van der Waals surface area contributed by atoms with Crippen molar-refractivity contribution in [2.24, 2.45) is 0 Å². The van der Waals surface area contributed by atoms with Crippen LogP contribution in [0, 0.1) is 0 Å². The molecule has 0 heterocycles. The van der Waals surface area contributed by atoms with E-state index >= 15 is 0 Å². The largest absolute Gasteiger partial charge is 0.352 e. The predicted molar refractivity (Wildman–Crippen MR) is 108 cm³/mol. The Bertz CT molecular complexity index is 817. The van der Waals surface area contributed by atoms with E-state index in [2.05, 4.69) is 21.3 Å². The molecule has 0 bridgehead atoms. The van der Waals surface area contributed by atoms with E-state index in [9.17, 15) is 14.4 Å². The van der Waals surface area contributed by atoms with Crippen LogP contribution in [0.25, 0.3) is 0 Å². The summed E-state index contributed by atoms with van der Waals surface area (Å²) in [4.78, 5) is 35.6. The smallest absolute Gasteiger partial charge is 0.319 e. The maximum absolute atomic E-state index is 12.0. The number of anilines is 2. The Hall–Kier alpha value is -3.35. The lowest BCUT2D eigenvalue weighted by Gasteiger charge is -2.09. The van der Waals surface area contributed by atoms with Crippen LogP contribution in [0.5, 0.6) is 0 Å². The van der Waals surface area contributed by atoms with Crippen LogP contribution in [0.4, 0.5) is 16.2 Å². The highest BCUT2D eigenvalue weighted by molar-refractivity contribution is 5.94. The zero-order valence-corrected chi connectivity index (χ0v) is 15.5. The highest BCUT2D eigenvalue weighted by Crippen LogP contribution is 2.19. The molecule has 3 rings (SSSR count). The molecule has 7 nitrogen and oxygen atoms in total. The van der Waals surface area contributed by atoms with E-state index in [1.165, 1.54) is 0 Å². The molecule has 4 amide bonds. The summed E-state index contributed by atoms with van der Waals surface area (Å²) in [7, 11) is 0. The second-order valence-corrected chi connectivity index (χ2v) is 6.72. The zero-order chi connectivity index (χ0) is 19.8. The van der Waals surface area contributed by atoms with Crippen molar-refractivity contribution < 1.29 is 14.4 Å². The van der Waals surface area contributed by atoms with Crippen molar-refractivity contribution in [2.75, 3.05) is 17.2 Å². The fraction of sp³-hybridized carbons (Fsp3) is 0.286. The third kappa shape index (κ3) is 6.42. The number of urea groups is 1. The Morgan fingerprint density at radius 3 is 2.14 bits per heavy atom. The monoisotopic (exact) mass is 380 g/mol. The molecule has 0 aliphatic heterocycles. The van der Waals surface area contributed by atoms with E-state index in [0.717, 1.165) is 12.8 Å². The highest BCUT2D eigenvalue weighted by atomic mass is 16.2. The van der Waals surface area contributed by atoms with Crippen LogP contribution >= 0.6 is 0 Å². The Morgan fingerprint density at radius 2 is 1.50 bits per heavy atom. The quantitative estimate of drug-likeness (QED) is 0.530. The van der Waals surface area contributed by atoms with Gasteiger partial charge in [0.2, 0.25) is 5.91 Å². The van der Waals surface area contributed by atoms with Gasteiger partial charge in [0.15, 0.2) is 0 Å². The van der Waals surface area contributed by atoms with Crippen molar-refractivity contribution in [3.63, 3.8) is 0 Å². The van der Waals surface area contributed by atoms with Crippen molar-refractivity contribution in [3.8, 4) is 0 Å². The molecule has 0 saturated heterocycles. The third-order valence-corrected chi connectivity index (χ3v) is 4.24. The first-order valence-corrected chi connectivity index (χ1v) is 9.41. The van der Waals surface area contributed by atoms with Crippen LogP contribution in [0.3, 0.4) is 0 Å². The van der Waals surface area contributed by atoms with Gasteiger partial charge in [-0.2, -0.15) is 0 Å². The lowest BCUT2D eigenvalue weighted by atomic mass is 10.2. The molecule has 146 valence electrons. The summed E-state index contributed by atoms with van der Waals surface area (Å²) in [5, 5.41) is 11.2. The Labute approximate surface area is 163 Å². The van der Waals surface area contributed by atoms with Gasteiger partial charge >= 0.3 is 6.03 Å². The lowest BCUT2D eigenvalue weighted by molar-refractivity contribution is -0.116. The van der Waals surface area contributed by atoms with Crippen molar-refractivity contribution in [1.29, 1.82) is 0 Å². The van der Waals surface area contributed by atoms with Crippen LogP contribution < -0.4 is 21.3 Å². The van der Waals surface area contributed by atoms with Crippen molar-refractivity contribution >= 4 is 29.2 Å². The Kier molecular flexibility index (Phi) is 6.62. The van der Waals surface area contributed by atoms with Crippen LogP contribution in [-0.2, 0) is 4.79 Å². The minimum atomic E-state index is -0.211. The van der Waals surface area contributed by atoms with Gasteiger partial charge in [0.05, 0.1) is 0 Å². The van der Waals surface area contributed by atoms with Gasteiger partial charge in [-0.05, 0) is 55.7 Å². The van der Waals surface area contributed by atoms with E-state index < -0.39 is 0 Å². The van der Waals surface area contributed by atoms with Crippen molar-refractivity contribution in [2.45, 2.75) is 31.7 Å². The fourth-order valence-corrected chi connectivity index (χ4v) is 2.58. The van der Waals surface area contributed by atoms with Crippen molar-refractivity contribution in [3.05, 3.63) is 60.2 Å². The third-order valence-electron chi connectivity index (χ3n) is 4.24. The van der Waals surface area contributed by atoms with Gasteiger partial charge in [0.25, 0.3) is 5.91 Å². The molecule has 0 atom stereocenters. The molecule has 7 heteroatoms. The summed E-state index contributed by atoms with van der Waals surface area (Å²) < 4.78 is 0. The van der Waals surface area contributed by atoms with Crippen LogP contribution in [0.15, 0.2) is 54.6 Å². The van der Waals surface area contributed by atoms with E-state index in [-0.39, 0.29) is 17.8 Å². The molecule has 0 spiro atoms. The molecule has 1 saturated carbocycles. The fourth-order valence-electron chi connectivity index (χ4n) is 2.58. The summed E-state index contributed by atoms with van der Waals surface area (Å²) >= 11 is 0. The Balaban J connectivity index is 1.34. The summed E-state index contributed by atoms with van der Waals surface area (Å²) in [6, 6.07) is 16.0. The maximum atomic E-state index is 12.0. The van der Waals surface area contributed by atoms with Crippen LogP contribution in [0.2, 0.25) is 0 Å². The van der Waals surface area contributed by atoms with Crippen LogP contribution in [0.1, 0.15) is 36.0 Å². The summed E-state index contributed by atoms with van der Waals surface area (Å²) in [6.07, 6.45) is 2.92. The Morgan fingerprint density at radius 1 is 0.857 bits per heavy atom. The molecule has 28 heavy (non-hydrogen) atoms. The number of benzene rings is 2. The maximum Gasteiger partial charge on any atom is 0.319 e. The molecule has 0 unspecified atom stereocenters. The average molecular weight is 380 g/mol. The summed E-state index contributed by atoms with van der Waals surface area (Å²) in [6.45, 7) is 0.431. The number of hydrogen-bond acceptors (Lipinski definition) is 3. The van der Waals surface area contributed by atoms with E-state index in [4.69, 9.17) is 0 Å². The lowest BCUT2D eigenvalue weighted by Crippen LogP contribution is -2.30. The molecule has 2 aromatic rings. The first-order chi connectivity index (χ1) is 13.6. The van der Waals surface area contributed by atoms with E-state index in [0.29, 0.717) is 42.4 Å². The summed E-state index contributed by atoms with van der Waals surface area (Å²) in [5.41, 5.74) is 1.93. The molecule has 4 N–H and O–H groups in total. The first-order valence-electron chi connectivity index (χ1n) is 9.41. The predicted octanol–water partition coefficient (Wildman–Crippen LogP) is 3.12. The average Bonchev–Trinajstić information content (AvgIpc) is 3.51. The van der Waals surface area contributed by atoms with Gasteiger partial charge < -0.3 is 21.3 Å². The number of rotatable bonds is 8. The first kappa shape index (κ1) is 19.4. The number of carbonyl (C=O) groups excluding carboxylic acids is 3. The van der Waals surface area contributed by atoms with Gasteiger partial charge in [0.1, 0.15) is 0 Å². The molecule has 0 aromatic heterocycles. The molecular weight excluding hydrogens is 356 g/mol. The number of nitrogens with one attached hydrogen (secondary N) is 4. The van der Waals surface area contributed by atoms with Crippen LogP contribution in [-0.4, -0.2) is 30.4 Å². The number of carbonyl (C=O) groups is 3. The molecular formula is C21H24N4O3. The van der Waals surface area contributed by atoms with Gasteiger partial charge in [0, 0.05) is 35.9 Å². The van der Waals surface area contributed by atoms with E-state index in [1.807, 2.05) is 18.2 Å². The second kappa shape index (κ2) is 9.55. The molecule has 1 aliphatic carbocycles. The van der Waals surface area contributed by atoms with Gasteiger partial charge in [-0.15, -0.1) is 0 Å². The minimum Gasteiger partial charge on any atom is -0.352 e. The molecule has 1 aliphatic rings. The molecule has 2 aromatic carbocycles. The van der Waals surface area contributed by atoms with Gasteiger partial charge in [-0.3, -0.25) is 9.59 Å². The van der Waals surface area contributed by atoms with Crippen molar-refractivity contribution in [1.82, 2.24) is 10.6 Å². The normalized spacial score (nSPS) is 12.7. The van der Waals surface area contributed by atoms with Gasteiger partial charge in [-0.25, -0.2) is 4.79 Å². The molecule has 0 radical (unpaired) electrons. The van der Waals surface area contributed by atoms with Gasteiger partial charge in [-0.1, -0.05) is 18.2 Å². The SMILES string of the molecule is O=C(CCCNC(=O)c1ccccc1)Nc1ccc(NC(=O)NC2CC2)cc1. The minimum absolute atomic E-state index is 0.124. The number of amides is 4. The molecule has 1 fully saturated rings. The standard InChI is InChI=1S/C21H24N4O3/c26-19(7-4-14-22-20(27)15-5-2-1-3-6-15)23-16-8-10-17(11-9-16)24-21(28)25-18-12-13-18/h1-3,5-6,8-11,18H,4,7,12-14H2,(H,22,27)(H,23,26)(H2,24,25,28). The summed E-state index contributed by atoms with van der Waals surface area (Å²) in [5.74, 6) is -0.268. The topological polar surface area (TPSA) is 99.3 Å². The van der Waals surface area contributed by atoms with E-state index in [1.54, 1.807) is 36.4 Å². The zero-order valence-electron chi connectivity index (χ0n) is 15.5.